The van der Waals surface area contributed by atoms with Crippen molar-refractivity contribution in [3.05, 3.63) is 36.4 Å². The number of imidazole rings is 2. The molecule has 0 aliphatic heterocycles. The van der Waals surface area contributed by atoms with Gasteiger partial charge in [0.1, 0.15) is 5.82 Å². The van der Waals surface area contributed by atoms with Gasteiger partial charge in [-0.15, -0.1) is 0 Å². The molecule has 0 aliphatic carbocycles. The van der Waals surface area contributed by atoms with Gasteiger partial charge in [-0.1, -0.05) is 0 Å². The number of aromatic amines is 1. The lowest BCUT2D eigenvalue weighted by Crippen LogP contribution is -1.76. The first-order chi connectivity index (χ1) is 6.18. The van der Waals surface area contributed by atoms with Crippen molar-refractivity contribution in [2.45, 2.75) is 13.8 Å². The highest BCUT2D eigenvalue weighted by Crippen LogP contribution is 1.89. The van der Waals surface area contributed by atoms with Crippen molar-refractivity contribution in [2.75, 3.05) is 0 Å². The minimum Gasteiger partial charge on any atom is -0.346 e. The molecule has 4 heteroatoms. The molecule has 0 radical (unpaired) electrons. The van der Waals surface area contributed by atoms with Crippen LogP contribution in [0.3, 0.4) is 0 Å². The van der Waals surface area contributed by atoms with Gasteiger partial charge in [-0.2, -0.15) is 0 Å². The Labute approximate surface area is 77.7 Å². The predicted molar refractivity (Wildman–Crippen MR) is 51.3 cm³/mol. The number of nitrogens with one attached hydrogen (secondary N) is 1. The number of hydrogen-bond donors (Lipinski definition) is 1. The Morgan fingerprint density at radius 3 is 2.31 bits per heavy atom. The highest BCUT2D eigenvalue weighted by Gasteiger charge is 1.83. The zero-order valence-corrected chi connectivity index (χ0v) is 8.15. The third kappa shape index (κ3) is 3.55. The van der Waals surface area contributed by atoms with Crippen LogP contribution in [0, 0.1) is 13.8 Å². The zero-order chi connectivity index (χ0) is 9.68. The first-order valence-electron chi connectivity index (χ1n) is 4.08. The van der Waals surface area contributed by atoms with Crippen LogP contribution >= 0.6 is 0 Å². The van der Waals surface area contributed by atoms with Crippen LogP contribution < -0.4 is 0 Å². The van der Waals surface area contributed by atoms with Gasteiger partial charge in [-0.3, -0.25) is 0 Å². The lowest BCUT2D eigenvalue weighted by molar-refractivity contribution is 0.913. The van der Waals surface area contributed by atoms with E-state index in [1.165, 1.54) is 0 Å². The summed E-state index contributed by atoms with van der Waals surface area (Å²) >= 11 is 0. The minimum atomic E-state index is 0.984. The summed E-state index contributed by atoms with van der Waals surface area (Å²) in [4.78, 5) is 10.8. The zero-order valence-electron chi connectivity index (χ0n) is 8.15. The summed E-state index contributed by atoms with van der Waals surface area (Å²) in [5.41, 5.74) is 1.12. The van der Waals surface area contributed by atoms with Gasteiger partial charge in [0.2, 0.25) is 0 Å². The van der Waals surface area contributed by atoms with Crippen molar-refractivity contribution >= 4 is 0 Å². The summed E-state index contributed by atoms with van der Waals surface area (Å²) < 4.78 is 1.89. The van der Waals surface area contributed by atoms with Gasteiger partial charge in [0.25, 0.3) is 0 Å². The van der Waals surface area contributed by atoms with Crippen LogP contribution in [0.1, 0.15) is 11.5 Å². The number of hydrogen-bond acceptors (Lipinski definition) is 2. The van der Waals surface area contributed by atoms with Gasteiger partial charge < -0.3 is 9.55 Å². The summed E-state index contributed by atoms with van der Waals surface area (Å²) in [5, 5.41) is 0. The fraction of sp³-hybridized carbons (Fsp3) is 0.333. The fourth-order valence-corrected chi connectivity index (χ4v) is 0.869. The van der Waals surface area contributed by atoms with E-state index >= 15 is 0 Å². The number of aryl methyl sites for hydroxylation is 3. The second-order valence-electron chi connectivity index (χ2n) is 2.88. The molecule has 2 aromatic rings. The molecule has 2 aromatic heterocycles. The molecule has 0 amide bonds. The molecule has 0 aromatic carbocycles. The quantitative estimate of drug-likeness (QED) is 0.663. The lowest BCUT2D eigenvalue weighted by Gasteiger charge is -1.76. The topological polar surface area (TPSA) is 46.5 Å². The molecule has 0 bridgehead atoms. The molecule has 13 heavy (non-hydrogen) atoms. The maximum absolute atomic E-state index is 3.96. The summed E-state index contributed by atoms with van der Waals surface area (Å²) in [6.07, 6.45) is 7.20. The normalized spacial score (nSPS) is 9.15. The van der Waals surface area contributed by atoms with Gasteiger partial charge in [0.05, 0.1) is 6.33 Å². The molecular weight excluding hydrogens is 164 g/mol. The Morgan fingerprint density at radius 1 is 1.38 bits per heavy atom. The maximum Gasteiger partial charge on any atom is 0.103 e. The lowest BCUT2D eigenvalue weighted by atomic mass is 10.6. The SMILES string of the molecule is Cc1cnc(C)[nH]1.Cn1ccnc1. The Morgan fingerprint density at radius 2 is 2.15 bits per heavy atom. The third-order valence-electron chi connectivity index (χ3n) is 1.47. The van der Waals surface area contributed by atoms with Crippen molar-refractivity contribution < 1.29 is 0 Å². The molecule has 2 heterocycles. The largest absolute Gasteiger partial charge is 0.346 e. The second kappa shape index (κ2) is 4.45. The molecule has 1 N–H and O–H groups in total. The van der Waals surface area contributed by atoms with Crippen LogP contribution in [0.5, 0.6) is 0 Å². The highest BCUT2D eigenvalue weighted by molar-refractivity contribution is 4.95. The van der Waals surface area contributed by atoms with Crippen molar-refractivity contribution in [1.82, 2.24) is 19.5 Å². The molecule has 70 valence electrons. The van der Waals surface area contributed by atoms with Crippen LogP contribution in [0.2, 0.25) is 0 Å². The molecule has 4 nitrogen and oxygen atoms in total. The molecule has 0 spiro atoms. The third-order valence-corrected chi connectivity index (χ3v) is 1.47. The van der Waals surface area contributed by atoms with Crippen LogP contribution in [0.25, 0.3) is 0 Å². The molecule has 0 aliphatic rings. The van der Waals surface area contributed by atoms with Crippen molar-refractivity contribution in [3.63, 3.8) is 0 Å². The fourth-order valence-electron chi connectivity index (χ4n) is 0.869. The van der Waals surface area contributed by atoms with Crippen LogP contribution in [0.15, 0.2) is 24.9 Å². The number of H-pyrrole nitrogens is 1. The molecule has 0 fully saturated rings. The monoisotopic (exact) mass is 178 g/mol. The summed E-state index contributed by atoms with van der Waals surface area (Å²) in [6.45, 7) is 3.92. The summed E-state index contributed by atoms with van der Waals surface area (Å²) in [7, 11) is 1.94. The molecule has 2 rings (SSSR count). The minimum absolute atomic E-state index is 0.984. The average molecular weight is 178 g/mol. The molecule has 0 atom stereocenters. The Bertz CT molecular complexity index is 318. The average Bonchev–Trinajstić information content (AvgIpc) is 2.64. The van der Waals surface area contributed by atoms with Gasteiger partial charge >= 0.3 is 0 Å². The first kappa shape index (κ1) is 9.51. The van der Waals surface area contributed by atoms with Gasteiger partial charge in [-0.25, -0.2) is 9.97 Å². The molecule has 0 saturated heterocycles. The second-order valence-corrected chi connectivity index (χ2v) is 2.88. The predicted octanol–water partition coefficient (Wildman–Crippen LogP) is 1.45. The molecular formula is C9H14N4. The first-order valence-corrected chi connectivity index (χ1v) is 4.08. The van der Waals surface area contributed by atoms with E-state index in [0.717, 1.165) is 11.5 Å². The van der Waals surface area contributed by atoms with Crippen LogP contribution in [-0.2, 0) is 7.05 Å². The molecule has 0 saturated carbocycles. The van der Waals surface area contributed by atoms with E-state index in [9.17, 15) is 0 Å². The van der Waals surface area contributed by atoms with E-state index in [4.69, 9.17) is 0 Å². The van der Waals surface area contributed by atoms with Gasteiger partial charge in [0.15, 0.2) is 0 Å². The number of nitrogens with zero attached hydrogens (tertiary/aromatic N) is 3. The standard InChI is InChI=1S/C5H8N2.C4H6N2/c1-4-3-6-5(2)7-4;1-6-3-2-5-4-6/h3H,1-2H3,(H,6,7);2-4H,1H3. The highest BCUT2D eigenvalue weighted by atomic mass is 15.0. The van der Waals surface area contributed by atoms with E-state index in [1.807, 2.05) is 37.9 Å². The van der Waals surface area contributed by atoms with Crippen LogP contribution in [-0.4, -0.2) is 19.5 Å². The smallest absolute Gasteiger partial charge is 0.103 e. The summed E-state index contributed by atoms with van der Waals surface area (Å²) in [5.74, 6) is 0.984. The van der Waals surface area contributed by atoms with Crippen molar-refractivity contribution in [2.24, 2.45) is 7.05 Å². The van der Waals surface area contributed by atoms with Crippen molar-refractivity contribution in [3.8, 4) is 0 Å². The maximum atomic E-state index is 3.96. The molecule has 0 unspecified atom stereocenters. The van der Waals surface area contributed by atoms with E-state index in [-0.39, 0.29) is 0 Å². The number of aromatic nitrogens is 4. The number of rotatable bonds is 0. The van der Waals surface area contributed by atoms with E-state index in [2.05, 4.69) is 15.0 Å². The van der Waals surface area contributed by atoms with E-state index in [0.29, 0.717) is 0 Å². The van der Waals surface area contributed by atoms with E-state index in [1.54, 1.807) is 12.5 Å². The van der Waals surface area contributed by atoms with Gasteiger partial charge in [0, 0.05) is 31.3 Å². The van der Waals surface area contributed by atoms with E-state index < -0.39 is 0 Å². The van der Waals surface area contributed by atoms with Crippen molar-refractivity contribution in [1.29, 1.82) is 0 Å². The summed E-state index contributed by atoms with van der Waals surface area (Å²) in [6, 6.07) is 0. The Kier molecular flexibility index (Phi) is 3.25. The van der Waals surface area contributed by atoms with Gasteiger partial charge in [-0.05, 0) is 13.8 Å². The van der Waals surface area contributed by atoms with Crippen LogP contribution in [0.4, 0.5) is 0 Å². The Hall–Kier alpha value is -1.58. The Balaban J connectivity index is 0.000000132.